The number of ether oxygens (including phenoxy) is 1. The molecule has 1 aliphatic carbocycles. The maximum absolute atomic E-state index is 8.98. The molecular formula is C13H18BrNO2. The minimum Gasteiger partial charge on any atom is -0.491 e. The van der Waals surface area contributed by atoms with Crippen molar-refractivity contribution in [2.45, 2.75) is 18.9 Å². The van der Waals surface area contributed by atoms with E-state index < -0.39 is 0 Å². The molecule has 1 N–H and O–H groups in total. The Morgan fingerprint density at radius 3 is 2.71 bits per heavy atom. The summed E-state index contributed by atoms with van der Waals surface area (Å²) in [5.74, 6) is 0.882. The maximum atomic E-state index is 8.98. The Hall–Kier alpha value is -0.580. The van der Waals surface area contributed by atoms with E-state index in [-0.39, 0.29) is 6.61 Å². The van der Waals surface area contributed by atoms with Crippen molar-refractivity contribution in [2.75, 3.05) is 26.3 Å². The van der Waals surface area contributed by atoms with E-state index in [1.807, 2.05) is 24.3 Å². The summed E-state index contributed by atoms with van der Waals surface area (Å²) in [4.78, 5) is 2.30. The van der Waals surface area contributed by atoms with Crippen molar-refractivity contribution >= 4 is 15.9 Å². The Morgan fingerprint density at radius 1 is 1.29 bits per heavy atom. The molecule has 0 spiro atoms. The van der Waals surface area contributed by atoms with Crippen LogP contribution in [0.2, 0.25) is 0 Å². The Balaban J connectivity index is 1.76. The van der Waals surface area contributed by atoms with Crippen LogP contribution in [0.1, 0.15) is 12.8 Å². The lowest BCUT2D eigenvalue weighted by Gasteiger charge is -2.20. The zero-order chi connectivity index (χ0) is 12.1. The Morgan fingerprint density at radius 2 is 2.06 bits per heavy atom. The predicted molar refractivity (Wildman–Crippen MR) is 71.3 cm³/mol. The summed E-state index contributed by atoms with van der Waals surface area (Å²) in [7, 11) is 0. The number of benzene rings is 1. The first-order chi connectivity index (χ1) is 8.31. The second kappa shape index (κ2) is 6.38. The molecule has 0 bridgehead atoms. The molecule has 0 saturated heterocycles. The average molecular weight is 300 g/mol. The summed E-state index contributed by atoms with van der Waals surface area (Å²) in [6, 6.07) is 8.54. The van der Waals surface area contributed by atoms with Gasteiger partial charge in [0.2, 0.25) is 0 Å². The number of hydrogen-bond acceptors (Lipinski definition) is 3. The van der Waals surface area contributed by atoms with Gasteiger partial charge in [0.1, 0.15) is 12.4 Å². The van der Waals surface area contributed by atoms with Gasteiger partial charge >= 0.3 is 0 Å². The smallest absolute Gasteiger partial charge is 0.133 e. The number of aliphatic hydroxyl groups is 1. The molecule has 3 nitrogen and oxygen atoms in total. The van der Waals surface area contributed by atoms with E-state index in [9.17, 15) is 0 Å². The lowest BCUT2D eigenvalue weighted by Crippen LogP contribution is -2.33. The summed E-state index contributed by atoms with van der Waals surface area (Å²) >= 11 is 3.46. The third-order valence-electron chi connectivity index (χ3n) is 2.92. The number of rotatable bonds is 7. The van der Waals surface area contributed by atoms with Crippen LogP contribution >= 0.6 is 15.9 Å². The number of halogens is 1. The predicted octanol–water partition coefficient (Wildman–Crippen LogP) is 2.28. The minimum atomic E-state index is 0.228. The zero-order valence-corrected chi connectivity index (χ0v) is 11.4. The first-order valence-corrected chi connectivity index (χ1v) is 6.83. The molecule has 94 valence electrons. The molecule has 4 heteroatoms. The quantitative estimate of drug-likeness (QED) is 0.838. The molecule has 0 unspecified atom stereocenters. The summed E-state index contributed by atoms with van der Waals surface area (Å²) in [6.45, 7) is 2.53. The largest absolute Gasteiger partial charge is 0.491 e. The molecule has 0 aliphatic heterocycles. The summed E-state index contributed by atoms with van der Waals surface area (Å²) in [5, 5.41) is 8.98. The van der Waals surface area contributed by atoms with Gasteiger partial charge in [-0.05, 0) is 40.9 Å². The molecule has 0 aromatic heterocycles. The third-order valence-corrected chi connectivity index (χ3v) is 3.58. The van der Waals surface area contributed by atoms with E-state index in [2.05, 4.69) is 20.8 Å². The van der Waals surface area contributed by atoms with Crippen molar-refractivity contribution in [3.8, 4) is 5.75 Å². The first-order valence-electron chi connectivity index (χ1n) is 6.03. The lowest BCUT2D eigenvalue weighted by atomic mass is 10.3. The van der Waals surface area contributed by atoms with Gasteiger partial charge < -0.3 is 9.84 Å². The van der Waals surface area contributed by atoms with Gasteiger partial charge in [0.15, 0.2) is 0 Å². The van der Waals surface area contributed by atoms with Crippen molar-refractivity contribution in [3.63, 3.8) is 0 Å². The molecule has 1 fully saturated rings. The SMILES string of the molecule is OCCN(CCOc1ccccc1Br)C1CC1. The summed E-state index contributed by atoms with van der Waals surface area (Å²) in [5.41, 5.74) is 0. The van der Waals surface area contributed by atoms with E-state index in [4.69, 9.17) is 9.84 Å². The molecule has 1 aromatic rings. The van der Waals surface area contributed by atoms with Crippen molar-refractivity contribution < 1.29 is 9.84 Å². The Kier molecular flexibility index (Phi) is 4.83. The highest BCUT2D eigenvalue weighted by molar-refractivity contribution is 9.10. The molecule has 2 rings (SSSR count). The minimum absolute atomic E-state index is 0.228. The normalized spacial score (nSPS) is 15.2. The van der Waals surface area contributed by atoms with E-state index in [1.54, 1.807) is 0 Å². The topological polar surface area (TPSA) is 32.7 Å². The van der Waals surface area contributed by atoms with Crippen molar-refractivity contribution in [2.24, 2.45) is 0 Å². The summed E-state index contributed by atoms with van der Waals surface area (Å²) < 4.78 is 6.71. The summed E-state index contributed by atoms with van der Waals surface area (Å²) in [6.07, 6.45) is 2.52. The number of nitrogens with zero attached hydrogens (tertiary/aromatic N) is 1. The second-order valence-electron chi connectivity index (χ2n) is 4.27. The molecule has 0 heterocycles. The van der Waals surface area contributed by atoms with E-state index in [0.717, 1.165) is 23.3 Å². The monoisotopic (exact) mass is 299 g/mol. The van der Waals surface area contributed by atoms with Crippen LogP contribution in [0.4, 0.5) is 0 Å². The van der Waals surface area contributed by atoms with Crippen LogP contribution in [0.5, 0.6) is 5.75 Å². The van der Waals surface area contributed by atoms with E-state index >= 15 is 0 Å². The van der Waals surface area contributed by atoms with Crippen LogP contribution in [-0.2, 0) is 0 Å². The van der Waals surface area contributed by atoms with Gasteiger partial charge in [0.25, 0.3) is 0 Å². The highest BCUT2D eigenvalue weighted by Crippen LogP contribution is 2.27. The zero-order valence-electron chi connectivity index (χ0n) is 9.81. The van der Waals surface area contributed by atoms with Crippen molar-refractivity contribution in [3.05, 3.63) is 28.7 Å². The van der Waals surface area contributed by atoms with Crippen LogP contribution in [0, 0.1) is 0 Å². The van der Waals surface area contributed by atoms with Gasteiger partial charge in [-0.15, -0.1) is 0 Å². The highest BCUT2D eigenvalue weighted by atomic mass is 79.9. The fourth-order valence-electron chi connectivity index (χ4n) is 1.88. The van der Waals surface area contributed by atoms with Crippen molar-refractivity contribution in [1.29, 1.82) is 0 Å². The van der Waals surface area contributed by atoms with Crippen LogP contribution in [0.3, 0.4) is 0 Å². The molecule has 1 aliphatic rings. The fourth-order valence-corrected chi connectivity index (χ4v) is 2.28. The number of aliphatic hydroxyl groups excluding tert-OH is 1. The molecule has 0 atom stereocenters. The average Bonchev–Trinajstić information content (AvgIpc) is 3.14. The van der Waals surface area contributed by atoms with Gasteiger partial charge in [-0.1, -0.05) is 12.1 Å². The Bertz CT molecular complexity index is 355. The fraction of sp³-hybridized carbons (Fsp3) is 0.538. The molecule has 1 aromatic carbocycles. The first kappa shape index (κ1) is 12.9. The lowest BCUT2D eigenvalue weighted by molar-refractivity contribution is 0.162. The maximum Gasteiger partial charge on any atom is 0.133 e. The van der Waals surface area contributed by atoms with E-state index in [1.165, 1.54) is 12.8 Å². The van der Waals surface area contributed by atoms with Gasteiger partial charge in [0.05, 0.1) is 11.1 Å². The molecule has 0 radical (unpaired) electrons. The number of hydrogen-bond donors (Lipinski definition) is 1. The van der Waals surface area contributed by atoms with Gasteiger partial charge in [0, 0.05) is 19.1 Å². The standard InChI is InChI=1S/C13H18BrNO2/c14-12-3-1-2-4-13(12)17-10-8-15(7-9-16)11-5-6-11/h1-4,11,16H,5-10H2. The third kappa shape index (κ3) is 3.98. The molecule has 17 heavy (non-hydrogen) atoms. The second-order valence-corrected chi connectivity index (χ2v) is 5.12. The van der Waals surface area contributed by atoms with Crippen LogP contribution < -0.4 is 4.74 Å². The van der Waals surface area contributed by atoms with Crippen LogP contribution in [0.25, 0.3) is 0 Å². The van der Waals surface area contributed by atoms with Gasteiger partial charge in [-0.25, -0.2) is 0 Å². The number of para-hydroxylation sites is 1. The van der Waals surface area contributed by atoms with Gasteiger partial charge in [-0.3, -0.25) is 4.90 Å². The molecule has 0 amide bonds. The molecule has 1 saturated carbocycles. The Labute approximate surface area is 111 Å². The van der Waals surface area contributed by atoms with Crippen LogP contribution in [0.15, 0.2) is 28.7 Å². The van der Waals surface area contributed by atoms with E-state index in [0.29, 0.717) is 12.6 Å². The molecular weight excluding hydrogens is 282 g/mol. The highest BCUT2D eigenvalue weighted by Gasteiger charge is 2.28. The van der Waals surface area contributed by atoms with Gasteiger partial charge in [-0.2, -0.15) is 0 Å². The van der Waals surface area contributed by atoms with Crippen molar-refractivity contribution in [1.82, 2.24) is 4.90 Å². The van der Waals surface area contributed by atoms with Crippen LogP contribution in [-0.4, -0.2) is 42.4 Å².